The van der Waals surface area contributed by atoms with Gasteiger partial charge in [0.2, 0.25) is 5.13 Å². The molecule has 1 heterocycles. The van der Waals surface area contributed by atoms with Crippen LogP contribution >= 0.6 is 11.3 Å². The molecule has 0 spiro atoms. The van der Waals surface area contributed by atoms with E-state index in [4.69, 9.17) is 9.47 Å². The first-order valence-electron chi connectivity index (χ1n) is 11.6. The van der Waals surface area contributed by atoms with Crippen LogP contribution in [0.25, 0.3) is 6.08 Å². The van der Waals surface area contributed by atoms with Gasteiger partial charge < -0.3 is 9.47 Å². The van der Waals surface area contributed by atoms with Crippen LogP contribution in [0.3, 0.4) is 0 Å². The second-order valence-corrected chi connectivity index (χ2v) is 9.40. The molecule has 0 aliphatic heterocycles. The van der Waals surface area contributed by atoms with E-state index in [1.165, 1.54) is 23.0 Å². The zero-order chi connectivity index (χ0) is 25.2. The summed E-state index contributed by atoms with van der Waals surface area (Å²) >= 11 is 1.31. The Hall–Kier alpha value is -3.70. The van der Waals surface area contributed by atoms with Crippen LogP contribution < -0.4 is 14.8 Å². The minimum atomic E-state index is -0.513. The number of nitriles is 1. The molecule has 3 rings (SSSR count). The highest BCUT2D eigenvalue weighted by molar-refractivity contribution is 7.15. The number of anilines is 1. The monoisotopic (exact) mass is 490 g/mol. The first kappa shape index (κ1) is 25.9. The van der Waals surface area contributed by atoms with Crippen molar-refractivity contribution in [2.24, 2.45) is 0 Å². The summed E-state index contributed by atoms with van der Waals surface area (Å²) in [5.41, 5.74) is 3.03. The maximum Gasteiger partial charge on any atom is 0.268 e. The molecule has 1 amide bonds. The van der Waals surface area contributed by atoms with E-state index in [-0.39, 0.29) is 5.57 Å². The van der Waals surface area contributed by atoms with Gasteiger partial charge in [0.1, 0.15) is 41.4 Å². The third-order valence-electron chi connectivity index (χ3n) is 5.11. The topological polar surface area (TPSA) is 97.1 Å². The maximum absolute atomic E-state index is 12.5. The zero-order valence-electron chi connectivity index (χ0n) is 20.5. The number of hydrogen-bond donors (Lipinski definition) is 1. The standard InChI is InChI=1S/C27H30N4O3S/c1-5-6-25-30-31-27(35-25)29-26(32)21(17-28)16-20-8-10-22(11-9-20)33-13-14-34-24-15-19(4)7-12-23(24)18(2)3/h7-12,15-16,18H,5-6,13-14H2,1-4H3,(H,29,31,32). The third-order valence-corrected chi connectivity index (χ3v) is 6.01. The van der Waals surface area contributed by atoms with Crippen LogP contribution in [0, 0.1) is 18.3 Å². The molecule has 0 aliphatic carbocycles. The molecule has 2 aromatic carbocycles. The average Bonchev–Trinajstić information content (AvgIpc) is 3.27. The smallest absolute Gasteiger partial charge is 0.268 e. The summed E-state index contributed by atoms with van der Waals surface area (Å²) in [6.45, 7) is 9.21. The number of benzene rings is 2. The summed E-state index contributed by atoms with van der Waals surface area (Å²) in [7, 11) is 0. The highest BCUT2D eigenvalue weighted by atomic mass is 32.1. The van der Waals surface area contributed by atoms with Gasteiger partial charge in [0.15, 0.2) is 0 Å². The molecule has 0 saturated heterocycles. The molecule has 0 unspecified atom stereocenters. The fraction of sp³-hybridized carbons (Fsp3) is 0.333. The van der Waals surface area contributed by atoms with Crippen molar-refractivity contribution in [3.05, 3.63) is 69.7 Å². The Bertz CT molecular complexity index is 1210. The molecule has 7 nitrogen and oxygen atoms in total. The second kappa shape index (κ2) is 12.7. The average molecular weight is 491 g/mol. The molecule has 0 atom stereocenters. The molecule has 0 aliphatic rings. The van der Waals surface area contributed by atoms with Gasteiger partial charge in [-0.2, -0.15) is 5.26 Å². The number of nitrogens with one attached hydrogen (secondary N) is 1. The minimum Gasteiger partial charge on any atom is -0.490 e. The molecule has 3 aromatic rings. The minimum absolute atomic E-state index is 0.0154. The first-order valence-corrected chi connectivity index (χ1v) is 12.4. The zero-order valence-corrected chi connectivity index (χ0v) is 21.3. The van der Waals surface area contributed by atoms with Crippen molar-refractivity contribution in [3.8, 4) is 17.6 Å². The Labute approximate surface area is 210 Å². The van der Waals surface area contributed by atoms with Gasteiger partial charge in [0.05, 0.1) is 0 Å². The van der Waals surface area contributed by atoms with E-state index in [9.17, 15) is 10.1 Å². The summed E-state index contributed by atoms with van der Waals surface area (Å²) in [5.74, 6) is 1.44. The summed E-state index contributed by atoms with van der Waals surface area (Å²) in [4.78, 5) is 12.5. The molecule has 0 saturated carbocycles. The Morgan fingerprint density at radius 1 is 1.14 bits per heavy atom. The van der Waals surface area contributed by atoms with Crippen molar-refractivity contribution in [2.45, 2.75) is 46.5 Å². The van der Waals surface area contributed by atoms with E-state index in [0.29, 0.717) is 35.6 Å². The number of hydrogen-bond acceptors (Lipinski definition) is 7. The number of aryl methyl sites for hydroxylation is 2. The molecule has 8 heteroatoms. The molecule has 1 N–H and O–H groups in total. The van der Waals surface area contributed by atoms with E-state index in [1.54, 1.807) is 24.3 Å². The lowest BCUT2D eigenvalue weighted by molar-refractivity contribution is -0.112. The van der Waals surface area contributed by atoms with E-state index in [1.807, 2.05) is 19.9 Å². The third kappa shape index (κ3) is 7.66. The summed E-state index contributed by atoms with van der Waals surface area (Å²) in [5, 5.41) is 21.3. The van der Waals surface area contributed by atoms with Crippen molar-refractivity contribution in [1.29, 1.82) is 5.26 Å². The van der Waals surface area contributed by atoms with Gasteiger partial charge in [-0.25, -0.2) is 0 Å². The largest absolute Gasteiger partial charge is 0.490 e. The molecule has 0 radical (unpaired) electrons. The number of amides is 1. The summed E-state index contributed by atoms with van der Waals surface area (Å²) < 4.78 is 11.7. The lowest BCUT2D eigenvalue weighted by atomic mass is 10.0. The molecule has 0 bridgehead atoms. The predicted molar refractivity (Wildman–Crippen MR) is 139 cm³/mol. The highest BCUT2D eigenvalue weighted by Crippen LogP contribution is 2.27. The molecular formula is C27H30N4O3S. The van der Waals surface area contributed by atoms with Crippen LogP contribution in [-0.2, 0) is 11.2 Å². The number of rotatable bonds is 11. The van der Waals surface area contributed by atoms with Crippen molar-refractivity contribution >= 4 is 28.5 Å². The van der Waals surface area contributed by atoms with Crippen LogP contribution in [0.1, 0.15) is 54.8 Å². The maximum atomic E-state index is 12.5. The molecule has 0 fully saturated rings. The second-order valence-electron chi connectivity index (χ2n) is 8.34. The lowest BCUT2D eigenvalue weighted by Gasteiger charge is -2.15. The van der Waals surface area contributed by atoms with E-state index >= 15 is 0 Å². The fourth-order valence-electron chi connectivity index (χ4n) is 3.31. The molecular weight excluding hydrogens is 460 g/mol. The van der Waals surface area contributed by atoms with Gasteiger partial charge in [-0.3, -0.25) is 10.1 Å². The molecule has 1 aromatic heterocycles. The lowest BCUT2D eigenvalue weighted by Crippen LogP contribution is -2.13. The molecule has 182 valence electrons. The van der Waals surface area contributed by atoms with Crippen molar-refractivity contribution in [3.63, 3.8) is 0 Å². The van der Waals surface area contributed by atoms with Crippen molar-refractivity contribution < 1.29 is 14.3 Å². The highest BCUT2D eigenvalue weighted by Gasteiger charge is 2.13. The quantitative estimate of drug-likeness (QED) is 0.203. The van der Waals surface area contributed by atoms with Crippen molar-refractivity contribution in [1.82, 2.24) is 10.2 Å². The Morgan fingerprint density at radius 3 is 2.57 bits per heavy atom. The Kier molecular flexibility index (Phi) is 9.39. The van der Waals surface area contributed by atoms with Crippen molar-refractivity contribution in [2.75, 3.05) is 18.5 Å². The first-order chi connectivity index (χ1) is 16.9. The SMILES string of the molecule is CCCc1nnc(NC(=O)C(C#N)=Cc2ccc(OCCOc3cc(C)ccc3C(C)C)cc2)s1. The number of ether oxygens (including phenoxy) is 2. The normalized spacial score (nSPS) is 11.3. The number of carbonyl (C=O) groups is 1. The summed E-state index contributed by atoms with van der Waals surface area (Å²) in [6, 6.07) is 15.4. The van der Waals surface area contributed by atoms with Gasteiger partial charge >= 0.3 is 0 Å². The number of aromatic nitrogens is 2. The van der Waals surface area contributed by atoms with Gasteiger partial charge in [-0.15, -0.1) is 10.2 Å². The van der Waals surface area contributed by atoms with Crippen LogP contribution in [0.2, 0.25) is 0 Å². The fourth-order valence-corrected chi connectivity index (χ4v) is 4.15. The summed E-state index contributed by atoms with van der Waals surface area (Å²) in [6.07, 6.45) is 3.28. The van der Waals surface area contributed by atoms with Gasteiger partial charge in [-0.1, -0.05) is 56.4 Å². The Balaban J connectivity index is 1.53. The van der Waals surface area contributed by atoms with Gasteiger partial charge in [0, 0.05) is 6.42 Å². The Morgan fingerprint density at radius 2 is 1.89 bits per heavy atom. The van der Waals surface area contributed by atoms with Crippen LogP contribution in [0.4, 0.5) is 5.13 Å². The van der Waals surface area contributed by atoms with E-state index < -0.39 is 5.91 Å². The van der Waals surface area contributed by atoms with Crippen LogP contribution in [-0.4, -0.2) is 29.3 Å². The number of carbonyl (C=O) groups excluding carboxylic acids is 1. The van der Waals surface area contributed by atoms with Gasteiger partial charge in [0.25, 0.3) is 5.91 Å². The predicted octanol–water partition coefficient (Wildman–Crippen LogP) is 5.93. The van der Waals surface area contributed by atoms with Crippen LogP contribution in [0.15, 0.2) is 48.0 Å². The van der Waals surface area contributed by atoms with Gasteiger partial charge in [-0.05, 0) is 60.2 Å². The van der Waals surface area contributed by atoms with E-state index in [2.05, 4.69) is 47.6 Å². The van der Waals surface area contributed by atoms with Crippen LogP contribution in [0.5, 0.6) is 11.5 Å². The molecule has 35 heavy (non-hydrogen) atoms. The number of nitrogens with zero attached hydrogens (tertiary/aromatic N) is 3. The van der Waals surface area contributed by atoms with E-state index in [0.717, 1.165) is 29.2 Å².